The van der Waals surface area contributed by atoms with Crippen molar-refractivity contribution in [2.75, 3.05) is 32.8 Å². The lowest BCUT2D eigenvalue weighted by molar-refractivity contribution is -0.130. The number of hydrogen-bond acceptors (Lipinski definition) is 5. The third kappa shape index (κ3) is 4.91. The second-order valence-corrected chi connectivity index (χ2v) is 10.1. The van der Waals surface area contributed by atoms with Gasteiger partial charge in [0.25, 0.3) is 0 Å². The fraction of sp³-hybridized carbons (Fsp3) is 0.458. The maximum absolute atomic E-state index is 13.0. The predicted molar refractivity (Wildman–Crippen MR) is 121 cm³/mol. The molecule has 4 rings (SSSR count). The van der Waals surface area contributed by atoms with E-state index in [1.165, 1.54) is 0 Å². The highest BCUT2D eigenvalue weighted by Crippen LogP contribution is 2.34. The molecule has 2 aromatic carbocycles. The summed E-state index contributed by atoms with van der Waals surface area (Å²) in [6, 6.07) is 12.4. The molecule has 0 atom stereocenters. The van der Waals surface area contributed by atoms with Gasteiger partial charge in [0.05, 0.1) is 11.3 Å². The van der Waals surface area contributed by atoms with E-state index in [1.807, 2.05) is 25.1 Å². The van der Waals surface area contributed by atoms with E-state index in [-0.39, 0.29) is 17.2 Å². The number of carbonyl (C=O) groups is 1. The van der Waals surface area contributed by atoms with Crippen molar-refractivity contribution in [1.82, 2.24) is 9.21 Å². The number of fused-ring (bicyclic) bond motifs is 1. The van der Waals surface area contributed by atoms with Crippen LogP contribution in [0.25, 0.3) is 0 Å². The van der Waals surface area contributed by atoms with Crippen LogP contribution in [0, 0.1) is 0 Å². The Morgan fingerprint density at radius 3 is 2.44 bits per heavy atom. The number of amides is 1. The Hall–Kier alpha value is -2.58. The number of rotatable bonds is 7. The average molecular weight is 459 g/mol. The van der Waals surface area contributed by atoms with Gasteiger partial charge in [-0.1, -0.05) is 30.7 Å². The van der Waals surface area contributed by atoms with Gasteiger partial charge in [0.2, 0.25) is 15.9 Å². The van der Waals surface area contributed by atoms with Gasteiger partial charge >= 0.3 is 0 Å². The molecule has 0 radical (unpaired) electrons. The Kier molecular flexibility index (Phi) is 7.01. The van der Waals surface area contributed by atoms with Crippen LogP contribution < -0.4 is 9.47 Å². The van der Waals surface area contributed by atoms with E-state index in [0.717, 1.165) is 30.4 Å². The van der Waals surface area contributed by atoms with Crippen molar-refractivity contribution in [3.05, 3.63) is 53.6 Å². The van der Waals surface area contributed by atoms with Crippen LogP contribution in [0.4, 0.5) is 0 Å². The summed E-state index contributed by atoms with van der Waals surface area (Å²) in [7, 11) is -3.47. The lowest BCUT2D eigenvalue weighted by atomic mass is 10.1. The highest BCUT2D eigenvalue weighted by Gasteiger charge is 2.26. The number of ether oxygens (including phenoxy) is 2. The Labute approximate surface area is 190 Å². The summed E-state index contributed by atoms with van der Waals surface area (Å²) in [6.45, 7) is 5.11. The van der Waals surface area contributed by atoms with Crippen molar-refractivity contribution in [3.63, 3.8) is 0 Å². The minimum atomic E-state index is -3.47. The molecule has 8 heteroatoms. The van der Waals surface area contributed by atoms with E-state index in [0.29, 0.717) is 50.9 Å². The van der Waals surface area contributed by atoms with Gasteiger partial charge in [-0.25, -0.2) is 8.42 Å². The van der Waals surface area contributed by atoms with Crippen molar-refractivity contribution in [3.8, 4) is 11.5 Å². The smallest absolute Gasteiger partial charge is 0.243 e. The zero-order valence-electron chi connectivity index (χ0n) is 18.5. The topological polar surface area (TPSA) is 76.1 Å². The first kappa shape index (κ1) is 22.6. The Balaban J connectivity index is 1.43. The molecule has 172 valence electrons. The first-order valence-electron chi connectivity index (χ1n) is 11.2. The quantitative estimate of drug-likeness (QED) is 0.637. The number of benzene rings is 2. The highest BCUT2D eigenvalue weighted by molar-refractivity contribution is 7.89. The molecule has 0 bridgehead atoms. The zero-order valence-corrected chi connectivity index (χ0v) is 19.3. The Bertz CT molecular complexity index is 1050. The van der Waals surface area contributed by atoms with Crippen LogP contribution in [0.1, 0.15) is 37.3 Å². The first-order chi connectivity index (χ1) is 15.5. The fourth-order valence-electron chi connectivity index (χ4n) is 4.16. The van der Waals surface area contributed by atoms with E-state index < -0.39 is 10.0 Å². The zero-order chi connectivity index (χ0) is 22.6. The SMILES string of the molecule is CCN(Cc1cccc2c1OCCO2)C(=O)Cc1ccc(S(=O)(=O)N2CCCCC2)cc1. The number of nitrogens with zero attached hydrogens (tertiary/aromatic N) is 2. The largest absolute Gasteiger partial charge is 0.486 e. The fourth-order valence-corrected chi connectivity index (χ4v) is 5.68. The molecule has 7 nitrogen and oxygen atoms in total. The molecular formula is C24H30N2O5S. The average Bonchev–Trinajstić information content (AvgIpc) is 2.83. The number of sulfonamides is 1. The summed E-state index contributed by atoms with van der Waals surface area (Å²) < 4.78 is 38.6. The lowest BCUT2D eigenvalue weighted by Crippen LogP contribution is -2.35. The van der Waals surface area contributed by atoms with E-state index in [9.17, 15) is 13.2 Å². The number of para-hydroxylation sites is 1. The maximum Gasteiger partial charge on any atom is 0.243 e. The molecule has 0 aliphatic carbocycles. The van der Waals surface area contributed by atoms with Gasteiger partial charge in [-0.2, -0.15) is 4.31 Å². The second kappa shape index (κ2) is 9.92. The molecule has 0 spiro atoms. The third-order valence-electron chi connectivity index (χ3n) is 5.97. The highest BCUT2D eigenvalue weighted by atomic mass is 32.2. The van der Waals surface area contributed by atoms with Gasteiger partial charge in [-0.05, 0) is 43.5 Å². The molecule has 2 heterocycles. The monoisotopic (exact) mass is 458 g/mol. The minimum absolute atomic E-state index is 0.0199. The van der Waals surface area contributed by atoms with Gasteiger partial charge < -0.3 is 14.4 Å². The molecule has 0 unspecified atom stereocenters. The summed E-state index contributed by atoms with van der Waals surface area (Å²) in [5.74, 6) is 1.40. The number of likely N-dealkylation sites (N-methyl/N-ethyl adjacent to an activating group) is 1. The predicted octanol–water partition coefficient (Wildman–Crippen LogP) is 3.22. The van der Waals surface area contributed by atoms with Crippen LogP contribution >= 0.6 is 0 Å². The molecule has 0 aromatic heterocycles. The van der Waals surface area contributed by atoms with Crippen LogP contribution in [-0.2, 0) is 27.8 Å². The number of piperidine rings is 1. The number of carbonyl (C=O) groups excluding carboxylic acids is 1. The summed E-state index contributed by atoms with van der Waals surface area (Å²) in [6.07, 6.45) is 3.09. The summed E-state index contributed by atoms with van der Waals surface area (Å²) in [5.41, 5.74) is 1.71. The lowest BCUT2D eigenvalue weighted by Gasteiger charge is -2.26. The number of hydrogen-bond donors (Lipinski definition) is 0. The van der Waals surface area contributed by atoms with E-state index in [1.54, 1.807) is 33.5 Å². The van der Waals surface area contributed by atoms with Crippen molar-refractivity contribution in [2.45, 2.75) is 44.0 Å². The molecule has 0 N–H and O–H groups in total. The van der Waals surface area contributed by atoms with Crippen LogP contribution in [0.2, 0.25) is 0 Å². The van der Waals surface area contributed by atoms with Crippen molar-refractivity contribution < 1.29 is 22.7 Å². The van der Waals surface area contributed by atoms with Gasteiger partial charge in [-0.15, -0.1) is 0 Å². The van der Waals surface area contributed by atoms with Crippen LogP contribution in [0.15, 0.2) is 47.4 Å². The van der Waals surface area contributed by atoms with E-state index in [2.05, 4.69) is 0 Å². The third-order valence-corrected chi connectivity index (χ3v) is 7.89. The normalized spacial score (nSPS) is 16.5. The van der Waals surface area contributed by atoms with Crippen LogP contribution in [0.5, 0.6) is 11.5 Å². The molecule has 32 heavy (non-hydrogen) atoms. The van der Waals surface area contributed by atoms with E-state index in [4.69, 9.17) is 9.47 Å². The van der Waals surface area contributed by atoms with Gasteiger partial charge in [0.1, 0.15) is 13.2 Å². The molecule has 1 amide bonds. The maximum atomic E-state index is 13.0. The molecule has 2 aliphatic heterocycles. The van der Waals surface area contributed by atoms with Crippen molar-refractivity contribution >= 4 is 15.9 Å². The van der Waals surface area contributed by atoms with E-state index >= 15 is 0 Å². The second-order valence-electron chi connectivity index (χ2n) is 8.13. The molecule has 2 aliphatic rings. The van der Waals surface area contributed by atoms with Crippen LogP contribution in [-0.4, -0.2) is 56.4 Å². The summed E-state index contributed by atoms with van der Waals surface area (Å²) in [4.78, 5) is 15.0. The molecule has 0 saturated carbocycles. The van der Waals surface area contributed by atoms with Gasteiger partial charge in [0, 0.05) is 31.7 Å². The molecule has 1 saturated heterocycles. The van der Waals surface area contributed by atoms with Crippen molar-refractivity contribution in [2.24, 2.45) is 0 Å². The molecule has 1 fully saturated rings. The Morgan fingerprint density at radius 1 is 1.00 bits per heavy atom. The van der Waals surface area contributed by atoms with Gasteiger partial charge in [0.15, 0.2) is 11.5 Å². The van der Waals surface area contributed by atoms with Crippen LogP contribution in [0.3, 0.4) is 0 Å². The first-order valence-corrected chi connectivity index (χ1v) is 12.7. The van der Waals surface area contributed by atoms with Crippen molar-refractivity contribution in [1.29, 1.82) is 0 Å². The standard InChI is InChI=1S/C24H30N2O5S/c1-2-25(18-20-7-6-8-22-24(20)31-16-15-30-22)23(27)17-19-9-11-21(12-10-19)32(28,29)26-13-4-3-5-14-26/h6-12H,2-5,13-18H2,1H3. The van der Waals surface area contributed by atoms with Gasteiger partial charge in [-0.3, -0.25) is 4.79 Å². The molecular weight excluding hydrogens is 428 g/mol. The summed E-state index contributed by atoms with van der Waals surface area (Å²) in [5, 5.41) is 0. The minimum Gasteiger partial charge on any atom is -0.486 e. The Morgan fingerprint density at radius 2 is 1.72 bits per heavy atom. The molecule has 2 aromatic rings. The summed E-state index contributed by atoms with van der Waals surface area (Å²) >= 11 is 0.